The molecule has 0 spiro atoms. The van der Waals surface area contributed by atoms with Gasteiger partial charge in [0, 0.05) is 18.1 Å². The Bertz CT molecular complexity index is 950. The Balaban J connectivity index is 1.72. The minimum atomic E-state index is -0.838. The molecular weight excluding hydrogens is 358 g/mol. The minimum Gasteiger partial charge on any atom is -0.469 e. The fourth-order valence-electron chi connectivity index (χ4n) is 2.28. The number of thiazole rings is 1. The zero-order valence-corrected chi connectivity index (χ0v) is 15.5. The Morgan fingerprint density at radius 2 is 2.28 bits per heavy atom. The number of Topliss-reactive ketones (excluding diaryl/α,β-unsaturated/α-hetero) is 1. The molecule has 3 heterocycles. The van der Waals surface area contributed by atoms with Gasteiger partial charge in [-0.25, -0.2) is 4.98 Å². The van der Waals surface area contributed by atoms with E-state index < -0.39 is 5.92 Å². The van der Waals surface area contributed by atoms with Crippen molar-refractivity contribution in [3.63, 3.8) is 0 Å². The van der Waals surface area contributed by atoms with Gasteiger partial charge in [0.2, 0.25) is 0 Å². The van der Waals surface area contributed by atoms with E-state index in [4.69, 9.17) is 4.42 Å². The highest BCUT2D eigenvalue weighted by atomic mass is 32.2. The van der Waals surface area contributed by atoms with E-state index in [1.807, 2.05) is 43.0 Å². The van der Waals surface area contributed by atoms with Crippen LogP contribution in [0.4, 0.5) is 0 Å². The van der Waals surface area contributed by atoms with Crippen LogP contribution in [-0.2, 0) is 11.8 Å². The third-order valence-electron chi connectivity index (χ3n) is 3.61. The number of hydrogen-bond acceptors (Lipinski definition) is 8. The van der Waals surface area contributed by atoms with Gasteiger partial charge in [-0.1, -0.05) is 11.8 Å². The first-order chi connectivity index (χ1) is 12.0. The number of aryl methyl sites for hydroxylation is 2. The maximum Gasteiger partial charge on any atom is 0.191 e. The number of carbonyl (C=O) groups excluding carboxylic acids is 1. The van der Waals surface area contributed by atoms with Crippen LogP contribution in [0.3, 0.4) is 0 Å². The number of carbonyl (C=O) groups is 1. The number of aromatic nitrogens is 4. The van der Waals surface area contributed by atoms with Crippen LogP contribution in [0.2, 0.25) is 0 Å². The van der Waals surface area contributed by atoms with Crippen LogP contribution >= 0.6 is 23.1 Å². The molecule has 3 aromatic heterocycles. The van der Waals surface area contributed by atoms with E-state index in [-0.39, 0.29) is 11.5 Å². The van der Waals surface area contributed by atoms with Gasteiger partial charge in [0.05, 0.1) is 23.6 Å². The highest BCUT2D eigenvalue weighted by Crippen LogP contribution is 2.27. The van der Waals surface area contributed by atoms with Gasteiger partial charge in [-0.2, -0.15) is 5.26 Å². The van der Waals surface area contributed by atoms with Crippen LogP contribution < -0.4 is 0 Å². The first-order valence-corrected chi connectivity index (χ1v) is 9.28. The Labute approximate surface area is 152 Å². The van der Waals surface area contributed by atoms with Crippen LogP contribution in [0.1, 0.15) is 22.4 Å². The summed E-state index contributed by atoms with van der Waals surface area (Å²) in [6.07, 6.45) is 1.60. The molecule has 7 nitrogen and oxygen atoms in total. The van der Waals surface area contributed by atoms with Gasteiger partial charge in [0.25, 0.3) is 0 Å². The van der Waals surface area contributed by atoms with Gasteiger partial charge in [0.15, 0.2) is 22.7 Å². The Morgan fingerprint density at radius 3 is 2.88 bits per heavy atom. The lowest BCUT2D eigenvalue weighted by atomic mass is 10.1. The molecule has 0 radical (unpaired) electrons. The van der Waals surface area contributed by atoms with Crippen molar-refractivity contribution in [2.75, 3.05) is 5.75 Å². The average Bonchev–Trinajstić information content (AvgIpc) is 3.28. The number of nitriles is 1. The van der Waals surface area contributed by atoms with E-state index >= 15 is 0 Å². The molecule has 0 saturated carbocycles. The Kier molecular flexibility index (Phi) is 5.01. The van der Waals surface area contributed by atoms with Crippen LogP contribution in [0.15, 0.2) is 27.3 Å². The molecule has 25 heavy (non-hydrogen) atoms. The van der Waals surface area contributed by atoms with Crippen molar-refractivity contribution < 1.29 is 9.21 Å². The number of ketones is 1. The summed E-state index contributed by atoms with van der Waals surface area (Å²) in [6, 6.07) is 3.88. The molecule has 3 rings (SSSR count). The molecule has 0 aliphatic carbocycles. The quantitative estimate of drug-likeness (QED) is 0.612. The normalized spacial score (nSPS) is 12.1. The van der Waals surface area contributed by atoms with E-state index in [9.17, 15) is 10.1 Å². The molecule has 0 N–H and O–H groups in total. The standard InChI is InChI=1S/C16H15N5O2S2/c1-9-7-24-15(18-9)12(6-17)13(22)8-25-16-20-19-14(21(16)3)11-4-5-23-10(11)2/h4-5,7,12H,8H2,1-3H3/t12-/m1/s1. The van der Waals surface area contributed by atoms with Gasteiger partial charge in [-0.3, -0.25) is 4.79 Å². The first kappa shape index (κ1) is 17.4. The van der Waals surface area contributed by atoms with Crippen LogP contribution in [0.25, 0.3) is 11.4 Å². The summed E-state index contributed by atoms with van der Waals surface area (Å²) in [6.45, 7) is 3.69. The zero-order valence-electron chi connectivity index (χ0n) is 13.9. The summed E-state index contributed by atoms with van der Waals surface area (Å²) < 4.78 is 7.10. The first-order valence-electron chi connectivity index (χ1n) is 7.42. The van der Waals surface area contributed by atoms with Gasteiger partial charge < -0.3 is 8.98 Å². The smallest absolute Gasteiger partial charge is 0.191 e. The molecule has 0 aliphatic heterocycles. The molecule has 0 unspecified atom stereocenters. The van der Waals surface area contributed by atoms with E-state index in [0.717, 1.165) is 17.0 Å². The van der Waals surface area contributed by atoms with Crippen molar-refractivity contribution >= 4 is 28.9 Å². The summed E-state index contributed by atoms with van der Waals surface area (Å²) in [5, 5.41) is 20.6. The van der Waals surface area contributed by atoms with E-state index in [0.29, 0.717) is 16.0 Å². The lowest BCUT2D eigenvalue weighted by molar-refractivity contribution is -0.116. The fraction of sp³-hybridized carbons (Fsp3) is 0.312. The Morgan fingerprint density at radius 1 is 1.48 bits per heavy atom. The molecule has 3 aromatic rings. The number of hydrogen-bond donors (Lipinski definition) is 0. The maximum absolute atomic E-state index is 12.4. The van der Waals surface area contributed by atoms with Gasteiger partial charge in [0.1, 0.15) is 10.8 Å². The van der Waals surface area contributed by atoms with Gasteiger partial charge in [-0.15, -0.1) is 21.5 Å². The van der Waals surface area contributed by atoms with E-state index in [2.05, 4.69) is 15.2 Å². The zero-order chi connectivity index (χ0) is 18.0. The molecule has 0 aliphatic rings. The molecule has 128 valence electrons. The average molecular weight is 373 g/mol. The topological polar surface area (TPSA) is 97.6 Å². The summed E-state index contributed by atoms with van der Waals surface area (Å²) in [5.74, 6) is 0.536. The third kappa shape index (κ3) is 3.50. The number of furan rings is 1. The monoisotopic (exact) mass is 373 g/mol. The second-order valence-electron chi connectivity index (χ2n) is 5.40. The predicted octanol–water partition coefficient (Wildman–Crippen LogP) is 3.12. The fourth-order valence-corrected chi connectivity index (χ4v) is 3.96. The highest BCUT2D eigenvalue weighted by Gasteiger charge is 2.24. The minimum absolute atomic E-state index is 0.132. The van der Waals surface area contributed by atoms with E-state index in [1.165, 1.54) is 23.1 Å². The summed E-state index contributed by atoms with van der Waals surface area (Å²) in [5.41, 5.74) is 1.68. The molecule has 0 saturated heterocycles. The number of rotatable bonds is 6. The van der Waals surface area contributed by atoms with E-state index in [1.54, 1.807) is 6.26 Å². The molecular formula is C16H15N5O2S2. The van der Waals surface area contributed by atoms with Crippen LogP contribution in [-0.4, -0.2) is 31.3 Å². The van der Waals surface area contributed by atoms with Crippen LogP contribution in [0, 0.1) is 25.2 Å². The van der Waals surface area contributed by atoms with Crippen molar-refractivity contribution in [3.8, 4) is 17.5 Å². The van der Waals surface area contributed by atoms with Gasteiger partial charge in [-0.05, 0) is 19.9 Å². The number of nitrogens with zero attached hydrogens (tertiary/aromatic N) is 5. The third-order valence-corrected chi connectivity index (χ3v) is 5.68. The molecule has 0 fully saturated rings. The second-order valence-corrected chi connectivity index (χ2v) is 7.23. The van der Waals surface area contributed by atoms with Crippen molar-refractivity contribution in [2.45, 2.75) is 24.9 Å². The summed E-state index contributed by atoms with van der Waals surface area (Å²) in [4.78, 5) is 16.7. The molecule has 0 amide bonds. The molecule has 0 bridgehead atoms. The summed E-state index contributed by atoms with van der Waals surface area (Å²) >= 11 is 2.59. The van der Waals surface area contributed by atoms with Crippen molar-refractivity contribution in [2.24, 2.45) is 7.05 Å². The SMILES string of the molecule is Cc1csc([C@H](C#N)C(=O)CSc2nnc(-c3ccoc3C)n2C)n1. The predicted molar refractivity (Wildman–Crippen MR) is 94.4 cm³/mol. The summed E-state index contributed by atoms with van der Waals surface area (Å²) in [7, 11) is 1.83. The number of thioether (sulfide) groups is 1. The van der Waals surface area contributed by atoms with Gasteiger partial charge >= 0.3 is 0 Å². The van der Waals surface area contributed by atoms with Crippen molar-refractivity contribution in [3.05, 3.63) is 34.2 Å². The molecule has 1 atom stereocenters. The maximum atomic E-state index is 12.4. The van der Waals surface area contributed by atoms with Crippen molar-refractivity contribution in [1.29, 1.82) is 5.26 Å². The Hall–Kier alpha value is -2.44. The highest BCUT2D eigenvalue weighted by molar-refractivity contribution is 7.99. The van der Waals surface area contributed by atoms with Crippen LogP contribution in [0.5, 0.6) is 0 Å². The van der Waals surface area contributed by atoms with Crippen molar-refractivity contribution in [1.82, 2.24) is 19.7 Å². The lowest BCUT2D eigenvalue weighted by Crippen LogP contribution is -2.13. The largest absolute Gasteiger partial charge is 0.469 e. The molecule has 9 heteroatoms. The second kappa shape index (κ2) is 7.21. The molecule has 0 aromatic carbocycles. The lowest BCUT2D eigenvalue weighted by Gasteiger charge is -2.05.